The van der Waals surface area contributed by atoms with Crippen LogP contribution in [0.2, 0.25) is 0 Å². The molecule has 14 heavy (non-hydrogen) atoms. The van der Waals surface area contributed by atoms with Crippen LogP contribution in [0, 0.1) is 5.92 Å². The average Bonchev–Trinajstić information content (AvgIpc) is 2.21. The van der Waals surface area contributed by atoms with Gasteiger partial charge in [0.05, 0.1) is 0 Å². The van der Waals surface area contributed by atoms with Gasteiger partial charge >= 0.3 is 0 Å². The van der Waals surface area contributed by atoms with Crippen LogP contribution < -0.4 is 10.6 Å². The second kappa shape index (κ2) is 6.62. The van der Waals surface area contributed by atoms with E-state index in [0.29, 0.717) is 6.23 Å². The van der Waals surface area contributed by atoms with Crippen molar-refractivity contribution in [2.75, 3.05) is 26.2 Å². The third-order valence-electron chi connectivity index (χ3n) is 2.96. The first-order valence-electron chi connectivity index (χ1n) is 5.51. The normalized spacial score (nSPS) is 33.4. The first kappa shape index (κ1) is 12.2. The number of hydrogen-bond donors (Lipinski definition) is 2. The molecule has 0 aliphatic carbocycles. The number of rotatable bonds is 2. The van der Waals surface area contributed by atoms with E-state index in [4.69, 9.17) is 4.74 Å². The highest BCUT2D eigenvalue weighted by atomic mass is 35.5. The fourth-order valence-corrected chi connectivity index (χ4v) is 2.20. The van der Waals surface area contributed by atoms with Crippen molar-refractivity contribution in [2.45, 2.75) is 31.9 Å². The standard InChI is InChI=1S/C10H20N2O.ClH/c1-3-9(8-11-4-1)7-10-12-5-2-6-13-10;/h9-12H,1-8H2;1H. The van der Waals surface area contributed by atoms with E-state index in [9.17, 15) is 0 Å². The fourth-order valence-electron chi connectivity index (χ4n) is 2.20. The Balaban J connectivity index is 0.000000980. The van der Waals surface area contributed by atoms with Gasteiger partial charge in [-0.2, -0.15) is 0 Å². The number of hydrogen-bond acceptors (Lipinski definition) is 3. The highest BCUT2D eigenvalue weighted by Gasteiger charge is 2.20. The van der Waals surface area contributed by atoms with Crippen molar-refractivity contribution >= 4 is 12.4 Å². The molecule has 0 amide bonds. The molecule has 2 fully saturated rings. The maximum atomic E-state index is 5.64. The Kier molecular flexibility index (Phi) is 5.78. The van der Waals surface area contributed by atoms with Crippen LogP contribution in [0.15, 0.2) is 0 Å². The van der Waals surface area contributed by atoms with Gasteiger partial charge in [-0.15, -0.1) is 12.4 Å². The summed E-state index contributed by atoms with van der Waals surface area (Å²) in [5.41, 5.74) is 0. The minimum atomic E-state index is 0. The van der Waals surface area contributed by atoms with E-state index < -0.39 is 0 Å². The highest BCUT2D eigenvalue weighted by molar-refractivity contribution is 5.85. The molecule has 2 aliphatic rings. The summed E-state index contributed by atoms with van der Waals surface area (Å²) in [6, 6.07) is 0. The zero-order chi connectivity index (χ0) is 8.93. The van der Waals surface area contributed by atoms with E-state index in [1.54, 1.807) is 0 Å². The number of ether oxygens (including phenoxy) is 1. The molecule has 2 atom stereocenters. The Morgan fingerprint density at radius 2 is 2.14 bits per heavy atom. The molecule has 2 rings (SSSR count). The van der Waals surface area contributed by atoms with E-state index in [1.165, 1.54) is 38.8 Å². The topological polar surface area (TPSA) is 33.3 Å². The number of halogens is 1. The third kappa shape index (κ3) is 3.73. The fraction of sp³-hybridized carbons (Fsp3) is 1.00. The molecule has 0 aromatic heterocycles. The van der Waals surface area contributed by atoms with Gasteiger partial charge in [-0.3, -0.25) is 5.32 Å². The van der Waals surface area contributed by atoms with Gasteiger partial charge in [0.2, 0.25) is 0 Å². The lowest BCUT2D eigenvalue weighted by molar-refractivity contribution is -0.0150. The molecule has 2 unspecified atom stereocenters. The number of nitrogens with one attached hydrogen (secondary N) is 2. The van der Waals surface area contributed by atoms with Gasteiger partial charge in [0.1, 0.15) is 6.23 Å². The Hall–Kier alpha value is 0.170. The second-order valence-corrected chi connectivity index (χ2v) is 4.12. The van der Waals surface area contributed by atoms with Gasteiger partial charge in [-0.25, -0.2) is 0 Å². The van der Waals surface area contributed by atoms with Crippen LogP contribution in [0.1, 0.15) is 25.7 Å². The predicted octanol–water partition coefficient (Wildman–Crippen LogP) is 1.13. The van der Waals surface area contributed by atoms with Crippen LogP contribution in [0.25, 0.3) is 0 Å². The Morgan fingerprint density at radius 1 is 1.21 bits per heavy atom. The van der Waals surface area contributed by atoms with Crippen molar-refractivity contribution in [2.24, 2.45) is 5.92 Å². The zero-order valence-electron chi connectivity index (χ0n) is 8.63. The van der Waals surface area contributed by atoms with E-state index in [1.807, 2.05) is 0 Å². The first-order valence-corrected chi connectivity index (χ1v) is 5.51. The molecule has 2 aliphatic heterocycles. The molecular formula is C10H21ClN2O. The summed E-state index contributed by atoms with van der Waals surface area (Å²) in [5, 5.41) is 6.86. The Labute approximate surface area is 92.4 Å². The van der Waals surface area contributed by atoms with Crippen LogP contribution in [0.5, 0.6) is 0 Å². The van der Waals surface area contributed by atoms with E-state index in [2.05, 4.69) is 10.6 Å². The summed E-state index contributed by atoms with van der Waals surface area (Å²) in [4.78, 5) is 0. The van der Waals surface area contributed by atoms with Crippen LogP contribution in [-0.2, 0) is 4.74 Å². The predicted molar refractivity (Wildman–Crippen MR) is 59.8 cm³/mol. The molecule has 0 aromatic rings. The van der Waals surface area contributed by atoms with Crippen LogP contribution in [0.3, 0.4) is 0 Å². The first-order chi connectivity index (χ1) is 6.45. The van der Waals surface area contributed by atoms with Crippen LogP contribution in [-0.4, -0.2) is 32.5 Å². The van der Waals surface area contributed by atoms with Gasteiger partial charge in [0.25, 0.3) is 0 Å². The van der Waals surface area contributed by atoms with Crippen molar-refractivity contribution in [3.8, 4) is 0 Å². The van der Waals surface area contributed by atoms with Gasteiger partial charge in [0, 0.05) is 6.61 Å². The number of piperidine rings is 1. The molecular weight excluding hydrogens is 200 g/mol. The smallest absolute Gasteiger partial charge is 0.108 e. The maximum Gasteiger partial charge on any atom is 0.108 e. The van der Waals surface area contributed by atoms with Crippen LogP contribution in [0.4, 0.5) is 0 Å². The average molecular weight is 221 g/mol. The van der Waals surface area contributed by atoms with Crippen LogP contribution >= 0.6 is 12.4 Å². The van der Waals surface area contributed by atoms with E-state index in [-0.39, 0.29) is 12.4 Å². The maximum absolute atomic E-state index is 5.64. The quantitative estimate of drug-likeness (QED) is 0.732. The Morgan fingerprint density at radius 3 is 2.79 bits per heavy atom. The SMILES string of the molecule is C1CNC(CC2CCCNC2)OC1.Cl. The molecule has 3 nitrogen and oxygen atoms in total. The molecule has 0 bridgehead atoms. The van der Waals surface area contributed by atoms with Crippen molar-refractivity contribution in [3.05, 3.63) is 0 Å². The summed E-state index contributed by atoms with van der Waals surface area (Å²) in [7, 11) is 0. The molecule has 4 heteroatoms. The van der Waals surface area contributed by atoms with Gasteiger partial charge < -0.3 is 10.1 Å². The molecule has 2 N–H and O–H groups in total. The van der Waals surface area contributed by atoms with Crippen molar-refractivity contribution in [1.82, 2.24) is 10.6 Å². The van der Waals surface area contributed by atoms with Gasteiger partial charge in [-0.1, -0.05) is 0 Å². The summed E-state index contributed by atoms with van der Waals surface area (Å²) in [6.45, 7) is 4.46. The summed E-state index contributed by atoms with van der Waals surface area (Å²) < 4.78 is 5.64. The third-order valence-corrected chi connectivity index (χ3v) is 2.96. The highest BCUT2D eigenvalue weighted by Crippen LogP contribution is 2.17. The summed E-state index contributed by atoms with van der Waals surface area (Å²) in [6.07, 6.45) is 5.39. The lowest BCUT2D eigenvalue weighted by Gasteiger charge is -2.30. The lowest BCUT2D eigenvalue weighted by atomic mass is 9.95. The Bertz CT molecular complexity index is 129. The molecule has 0 radical (unpaired) electrons. The monoisotopic (exact) mass is 220 g/mol. The van der Waals surface area contributed by atoms with Crippen molar-refractivity contribution in [3.63, 3.8) is 0 Å². The van der Waals surface area contributed by atoms with Gasteiger partial charge in [-0.05, 0) is 51.2 Å². The van der Waals surface area contributed by atoms with Gasteiger partial charge in [0.15, 0.2) is 0 Å². The molecule has 0 saturated carbocycles. The molecule has 0 spiro atoms. The van der Waals surface area contributed by atoms with Crippen molar-refractivity contribution in [1.29, 1.82) is 0 Å². The summed E-state index contributed by atoms with van der Waals surface area (Å²) in [5.74, 6) is 0.823. The lowest BCUT2D eigenvalue weighted by Crippen LogP contribution is -2.41. The second-order valence-electron chi connectivity index (χ2n) is 4.12. The van der Waals surface area contributed by atoms with Crippen molar-refractivity contribution < 1.29 is 4.74 Å². The zero-order valence-corrected chi connectivity index (χ0v) is 9.44. The minimum absolute atomic E-state index is 0. The van der Waals surface area contributed by atoms with E-state index in [0.717, 1.165) is 19.1 Å². The molecule has 2 saturated heterocycles. The largest absolute Gasteiger partial charge is 0.363 e. The van der Waals surface area contributed by atoms with E-state index >= 15 is 0 Å². The molecule has 2 heterocycles. The summed E-state index contributed by atoms with van der Waals surface area (Å²) >= 11 is 0. The molecule has 0 aromatic carbocycles. The molecule has 84 valence electrons. The minimum Gasteiger partial charge on any atom is -0.363 e.